The molecule has 0 spiro atoms. The van der Waals surface area contributed by atoms with E-state index < -0.39 is 5.41 Å². The van der Waals surface area contributed by atoms with Gasteiger partial charge in [-0.2, -0.15) is 0 Å². The molecule has 35 heavy (non-hydrogen) atoms. The summed E-state index contributed by atoms with van der Waals surface area (Å²) in [7, 11) is 1.50. The number of nitrogens with zero attached hydrogens (tertiary/aromatic N) is 2. The van der Waals surface area contributed by atoms with Crippen LogP contribution in [0.3, 0.4) is 0 Å². The van der Waals surface area contributed by atoms with Gasteiger partial charge in [0.1, 0.15) is 0 Å². The Bertz CT molecular complexity index is 1090. The first kappa shape index (κ1) is 25.0. The normalized spacial score (nSPS) is 16.0. The predicted octanol–water partition coefficient (Wildman–Crippen LogP) is 6.09. The third-order valence-corrected chi connectivity index (χ3v) is 7.54. The van der Waals surface area contributed by atoms with Crippen molar-refractivity contribution in [3.05, 3.63) is 90.0 Å². The lowest BCUT2D eigenvalue weighted by molar-refractivity contribution is -0.148. The van der Waals surface area contributed by atoms with Crippen LogP contribution in [0, 0.1) is 6.92 Å². The number of benzene rings is 3. The van der Waals surface area contributed by atoms with Crippen LogP contribution in [0.15, 0.2) is 78.9 Å². The van der Waals surface area contributed by atoms with Gasteiger partial charge in [0, 0.05) is 31.9 Å². The molecule has 4 heteroatoms. The molecule has 4 nitrogen and oxygen atoms in total. The Kier molecular flexibility index (Phi) is 8.25. The van der Waals surface area contributed by atoms with Gasteiger partial charge in [-0.25, -0.2) is 0 Å². The number of hydrogen-bond donors (Lipinski definition) is 0. The molecule has 184 valence electrons. The number of piperazine rings is 1. The van der Waals surface area contributed by atoms with E-state index in [1.54, 1.807) is 0 Å². The molecule has 0 saturated carbocycles. The Balaban J connectivity index is 1.31. The minimum Gasteiger partial charge on any atom is -0.468 e. The molecule has 0 radical (unpaired) electrons. The van der Waals surface area contributed by atoms with Crippen molar-refractivity contribution >= 4 is 11.7 Å². The first-order valence-electron chi connectivity index (χ1n) is 12.8. The smallest absolute Gasteiger partial charge is 0.316 e. The third-order valence-electron chi connectivity index (χ3n) is 7.54. The van der Waals surface area contributed by atoms with Crippen molar-refractivity contribution in [1.82, 2.24) is 4.90 Å². The van der Waals surface area contributed by atoms with Crippen LogP contribution >= 0.6 is 0 Å². The summed E-state index contributed by atoms with van der Waals surface area (Å²) >= 11 is 0. The van der Waals surface area contributed by atoms with Crippen molar-refractivity contribution < 1.29 is 9.53 Å². The zero-order valence-corrected chi connectivity index (χ0v) is 21.4. The Morgan fingerprint density at radius 1 is 0.886 bits per heavy atom. The number of aryl methyl sites for hydroxylation is 1. The van der Waals surface area contributed by atoms with E-state index in [9.17, 15) is 4.79 Å². The molecule has 1 atom stereocenters. The molecule has 3 aromatic rings. The number of rotatable bonds is 9. The maximum Gasteiger partial charge on any atom is 0.316 e. The lowest BCUT2D eigenvalue weighted by Gasteiger charge is -2.37. The molecule has 1 saturated heterocycles. The van der Waals surface area contributed by atoms with Gasteiger partial charge in [0.05, 0.1) is 12.5 Å². The lowest BCUT2D eigenvalue weighted by Crippen LogP contribution is -2.47. The van der Waals surface area contributed by atoms with Gasteiger partial charge in [0.25, 0.3) is 0 Å². The Morgan fingerprint density at radius 3 is 2.23 bits per heavy atom. The third kappa shape index (κ3) is 5.76. The Hall–Kier alpha value is -3.11. The van der Waals surface area contributed by atoms with Gasteiger partial charge >= 0.3 is 5.97 Å². The highest BCUT2D eigenvalue weighted by atomic mass is 16.5. The maximum atomic E-state index is 12.8. The highest BCUT2D eigenvalue weighted by Gasteiger charge is 2.39. The molecular weight excluding hydrogens is 432 g/mol. The van der Waals surface area contributed by atoms with Crippen LogP contribution in [0.4, 0.5) is 5.69 Å². The number of carbonyl (C=O) groups is 1. The summed E-state index contributed by atoms with van der Waals surface area (Å²) in [5.74, 6) is -0.120. The van der Waals surface area contributed by atoms with Crippen molar-refractivity contribution in [1.29, 1.82) is 0 Å². The summed E-state index contributed by atoms with van der Waals surface area (Å²) in [4.78, 5) is 17.8. The Morgan fingerprint density at radius 2 is 1.60 bits per heavy atom. The molecule has 0 aliphatic carbocycles. The maximum absolute atomic E-state index is 12.8. The van der Waals surface area contributed by atoms with Gasteiger partial charge in [-0.1, -0.05) is 79.2 Å². The average molecular weight is 471 g/mol. The fourth-order valence-corrected chi connectivity index (χ4v) is 5.37. The van der Waals surface area contributed by atoms with Gasteiger partial charge in [-0.3, -0.25) is 9.69 Å². The number of ether oxygens (including phenoxy) is 1. The average Bonchev–Trinajstić information content (AvgIpc) is 2.92. The minimum absolute atomic E-state index is 0.120. The van der Waals surface area contributed by atoms with Crippen LogP contribution in [0.2, 0.25) is 0 Å². The monoisotopic (exact) mass is 470 g/mol. The van der Waals surface area contributed by atoms with Crippen molar-refractivity contribution in [3.8, 4) is 11.1 Å². The zero-order valence-electron chi connectivity index (χ0n) is 21.4. The fourth-order valence-electron chi connectivity index (χ4n) is 5.37. The number of esters is 1. The summed E-state index contributed by atoms with van der Waals surface area (Å²) in [5.41, 5.74) is 5.62. The molecule has 0 aromatic heterocycles. The summed E-state index contributed by atoms with van der Waals surface area (Å²) in [6, 6.07) is 27.8. The molecule has 1 aliphatic heterocycles. The molecule has 0 N–H and O–H groups in total. The summed E-state index contributed by atoms with van der Waals surface area (Å²) in [5, 5.41) is 0. The van der Waals surface area contributed by atoms with E-state index in [1.807, 2.05) is 18.2 Å². The number of carbonyl (C=O) groups excluding carboxylic acids is 1. The van der Waals surface area contributed by atoms with Crippen LogP contribution in [-0.2, 0) is 14.9 Å². The Labute approximate surface area is 210 Å². The van der Waals surface area contributed by atoms with Gasteiger partial charge in [-0.05, 0) is 61.6 Å². The highest BCUT2D eigenvalue weighted by Crippen LogP contribution is 2.34. The van der Waals surface area contributed by atoms with Crippen LogP contribution in [0.5, 0.6) is 0 Å². The van der Waals surface area contributed by atoms with E-state index in [0.717, 1.165) is 57.5 Å². The van der Waals surface area contributed by atoms with Gasteiger partial charge < -0.3 is 9.64 Å². The lowest BCUT2D eigenvalue weighted by atomic mass is 9.74. The number of hydrogen-bond acceptors (Lipinski definition) is 4. The first-order valence-corrected chi connectivity index (χ1v) is 12.8. The van der Waals surface area contributed by atoms with Crippen molar-refractivity contribution in [3.63, 3.8) is 0 Å². The summed E-state index contributed by atoms with van der Waals surface area (Å²) < 4.78 is 5.25. The molecular formula is C31H38N2O2. The molecule has 1 aliphatic rings. The molecule has 0 bridgehead atoms. The van der Waals surface area contributed by atoms with E-state index in [4.69, 9.17) is 4.74 Å². The second-order valence-electron chi connectivity index (χ2n) is 9.64. The van der Waals surface area contributed by atoms with E-state index in [1.165, 1.54) is 29.5 Å². The second-order valence-corrected chi connectivity index (χ2v) is 9.64. The van der Waals surface area contributed by atoms with E-state index >= 15 is 0 Å². The largest absolute Gasteiger partial charge is 0.468 e. The number of anilines is 1. The van der Waals surface area contributed by atoms with Crippen molar-refractivity contribution in [2.75, 3.05) is 44.7 Å². The van der Waals surface area contributed by atoms with E-state index in [0.29, 0.717) is 0 Å². The summed E-state index contributed by atoms with van der Waals surface area (Å²) in [6.07, 6.45) is 2.53. The van der Waals surface area contributed by atoms with E-state index in [2.05, 4.69) is 84.3 Å². The molecule has 3 aromatic carbocycles. The van der Waals surface area contributed by atoms with E-state index in [-0.39, 0.29) is 5.97 Å². The highest BCUT2D eigenvalue weighted by molar-refractivity contribution is 5.83. The first-order chi connectivity index (χ1) is 17.1. The standard InChI is InChI=1S/C31H38N2O2/c1-4-31(30(34)35-3,28-12-6-5-7-13-28)18-9-19-32-20-22-33(23-21-32)29-16-14-26(15-17-29)27-11-8-10-25(2)24-27/h5-8,10-17,24H,4,9,18-23H2,1-3H3. The molecule has 1 fully saturated rings. The van der Waals surface area contributed by atoms with Crippen molar-refractivity contribution in [2.24, 2.45) is 0 Å². The fraction of sp³-hybridized carbons (Fsp3) is 0.387. The molecule has 4 rings (SSSR count). The van der Waals surface area contributed by atoms with Gasteiger partial charge in [-0.15, -0.1) is 0 Å². The van der Waals surface area contributed by atoms with Gasteiger partial charge in [0.15, 0.2) is 0 Å². The van der Waals surface area contributed by atoms with Crippen LogP contribution in [-0.4, -0.2) is 50.7 Å². The van der Waals surface area contributed by atoms with Crippen LogP contribution in [0.25, 0.3) is 11.1 Å². The summed E-state index contributed by atoms with van der Waals surface area (Å²) in [6.45, 7) is 9.37. The zero-order chi connectivity index (χ0) is 24.7. The quantitative estimate of drug-likeness (QED) is 0.355. The topological polar surface area (TPSA) is 32.8 Å². The second kappa shape index (κ2) is 11.5. The van der Waals surface area contributed by atoms with Crippen LogP contribution in [0.1, 0.15) is 37.3 Å². The predicted molar refractivity (Wildman–Crippen MR) is 145 cm³/mol. The SMILES string of the molecule is CCC(CCCN1CCN(c2ccc(-c3cccc(C)c3)cc2)CC1)(C(=O)OC)c1ccccc1. The molecule has 1 unspecified atom stereocenters. The van der Waals surface area contributed by atoms with Crippen molar-refractivity contribution in [2.45, 2.75) is 38.5 Å². The minimum atomic E-state index is -0.559. The molecule has 0 amide bonds. The number of methoxy groups -OCH3 is 1. The molecule has 1 heterocycles. The van der Waals surface area contributed by atoms with Gasteiger partial charge in [0.2, 0.25) is 0 Å². The van der Waals surface area contributed by atoms with Crippen LogP contribution < -0.4 is 4.90 Å².